The molecule has 5 heteroatoms. The maximum absolute atomic E-state index is 11.5. The monoisotopic (exact) mass is 279 g/mol. The van der Waals surface area contributed by atoms with Gasteiger partial charge in [-0.1, -0.05) is 11.3 Å². The van der Waals surface area contributed by atoms with Crippen LogP contribution in [0, 0.1) is 6.92 Å². The molecule has 2 fully saturated rings. The Balaban J connectivity index is 1.70. The molecule has 1 atom stereocenters. The summed E-state index contributed by atoms with van der Waals surface area (Å²) in [5, 5.41) is 1.03. The molecule has 3 rings (SSSR count). The number of Topliss-reactive ketones (excluding diaryl/α,β-unsaturated/α-hetero) is 1. The summed E-state index contributed by atoms with van der Waals surface area (Å²) in [7, 11) is 0. The van der Waals surface area contributed by atoms with Crippen LogP contribution < -0.4 is 4.90 Å². The van der Waals surface area contributed by atoms with Gasteiger partial charge in [0.15, 0.2) is 10.9 Å². The number of nitrogens with zero attached hydrogens (tertiary/aromatic N) is 3. The van der Waals surface area contributed by atoms with Crippen molar-refractivity contribution in [3.05, 3.63) is 10.6 Å². The number of thiazole rings is 1. The number of hydrogen-bond acceptors (Lipinski definition) is 5. The second kappa shape index (κ2) is 5.21. The highest BCUT2D eigenvalue weighted by Gasteiger charge is 2.31. The normalized spacial score (nSPS) is 24.3. The van der Waals surface area contributed by atoms with Crippen LogP contribution in [0.2, 0.25) is 0 Å². The topological polar surface area (TPSA) is 36.4 Å². The molecule has 1 unspecified atom stereocenters. The summed E-state index contributed by atoms with van der Waals surface area (Å²) in [6.45, 7) is 8.23. The number of likely N-dealkylation sites (tertiary alicyclic amines) is 1. The van der Waals surface area contributed by atoms with Gasteiger partial charge in [-0.05, 0) is 39.3 Å². The number of ketones is 1. The highest BCUT2D eigenvalue weighted by atomic mass is 32.1. The second-order valence-electron chi connectivity index (χ2n) is 5.60. The standard InChI is InChI=1S/C14H21N3OS/c1-10-13(11(2)18)19-14(15-10)17-8-5-12(9-17)16-6-3-4-7-16/h12H,3-9H2,1-2H3. The van der Waals surface area contributed by atoms with E-state index >= 15 is 0 Å². The van der Waals surface area contributed by atoms with Crippen molar-refractivity contribution < 1.29 is 4.79 Å². The zero-order chi connectivity index (χ0) is 13.4. The number of anilines is 1. The summed E-state index contributed by atoms with van der Waals surface area (Å²) >= 11 is 1.56. The van der Waals surface area contributed by atoms with Gasteiger partial charge in [-0.25, -0.2) is 4.98 Å². The summed E-state index contributed by atoms with van der Waals surface area (Å²) in [6, 6.07) is 0.687. The zero-order valence-electron chi connectivity index (χ0n) is 11.7. The summed E-state index contributed by atoms with van der Waals surface area (Å²) in [6.07, 6.45) is 3.93. The summed E-state index contributed by atoms with van der Waals surface area (Å²) < 4.78 is 0. The Hall–Kier alpha value is -0.940. The van der Waals surface area contributed by atoms with E-state index in [1.807, 2.05) is 6.92 Å². The SMILES string of the molecule is CC(=O)c1sc(N2CCC(N3CCCC3)C2)nc1C. The minimum Gasteiger partial charge on any atom is -0.346 e. The van der Waals surface area contributed by atoms with Crippen molar-refractivity contribution in [1.82, 2.24) is 9.88 Å². The third-order valence-electron chi connectivity index (χ3n) is 4.20. The van der Waals surface area contributed by atoms with Crippen molar-refractivity contribution >= 4 is 22.3 Å². The van der Waals surface area contributed by atoms with Crippen molar-refractivity contribution in [1.29, 1.82) is 0 Å². The van der Waals surface area contributed by atoms with Gasteiger partial charge in [0.05, 0.1) is 10.6 Å². The molecular weight excluding hydrogens is 258 g/mol. The Kier molecular flexibility index (Phi) is 3.58. The Morgan fingerprint density at radius 2 is 2.05 bits per heavy atom. The van der Waals surface area contributed by atoms with Crippen molar-refractivity contribution in [2.45, 2.75) is 39.2 Å². The first kappa shape index (κ1) is 13.1. The zero-order valence-corrected chi connectivity index (χ0v) is 12.5. The summed E-state index contributed by atoms with van der Waals surface area (Å²) in [4.78, 5) is 21.9. The molecule has 4 nitrogen and oxygen atoms in total. The van der Waals surface area contributed by atoms with Crippen LogP contribution in [0.5, 0.6) is 0 Å². The molecule has 0 spiro atoms. The average Bonchev–Trinajstić information content (AvgIpc) is 3.08. The quantitative estimate of drug-likeness (QED) is 0.796. The lowest BCUT2D eigenvalue weighted by molar-refractivity contribution is 0.102. The number of aromatic nitrogens is 1. The van der Waals surface area contributed by atoms with Crippen LogP contribution >= 0.6 is 11.3 Å². The third-order valence-corrected chi connectivity index (χ3v) is 5.52. The van der Waals surface area contributed by atoms with E-state index in [1.165, 1.54) is 32.4 Å². The van der Waals surface area contributed by atoms with Crippen LogP contribution in [0.3, 0.4) is 0 Å². The largest absolute Gasteiger partial charge is 0.346 e. The molecule has 0 saturated carbocycles. The predicted octanol–water partition coefficient (Wildman–Crippen LogP) is 2.33. The molecule has 0 amide bonds. The predicted molar refractivity (Wildman–Crippen MR) is 78.3 cm³/mol. The van der Waals surface area contributed by atoms with Crippen LogP contribution in [-0.2, 0) is 0 Å². The van der Waals surface area contributed by atoms with Gasteiger partial charge >= 0.3 is 0 Å². The Labute approximate surface area is 118 Å². The van der Waals surface area contributed by atoms with Crippen LogP contribution in [0.4, 0.5) is 5.13 Å². The van der Waals surface area contributed by atoms with E-state index < -0.39 is 0 Å². The highest BCUT2D eigenvalue weighted by Crippen LogP contribution is 2.30. The molecule has 19 heavy (non-hydrogen) atoms. The molecule has 0 aliphatic carbocycles. The Morgan fingerprint density at radius 3 is 2.68 bits per heavy atom. The molecule has 0 aromatic carbocycles. The third kappa shape index (κ3) is 2.54. The van der Waals surface area contributed by atoms with Crippen molar-refractivity contribution in [3.8, 4) is 0 Å². The Morgan fingerprint density at radius 1 is 1.32 bits per heavy atom. The molecule has 0 bridgehead atoms. The van der Waals surface area contributed by atoms with E-state index in [2.05, 4.69) is 14.8 Å². The maximum Gasteiger partial charge on any atom is 0.186 e. The first-order valence-corrected chi connectivity index (χ1v) is 7.94. The van der Waals surface area contributed by atoms with E-state index in [0.29, 0.717) is 6.04 Å². The van der Waals surface area contributed by atoms with Gasteiger partial charge < -0.3 is 4.90 Å². The number of hydrogen-bond donors (Lipinski definition) is 0. The van der Waals surface area contributed by atoms with Crippen LogP contribution in [0.15, 0.2) is 0 Å². The minimum atomic E-state index is 0.136. The fourth-order valence-electron chi connectivity index (χ4n) is 3.16. The van der Waals surface area contributed by atoms with Crippen molar-refractivity contribution in [3.63, 3.8) is 0 Å². The molecule has 104 valence electrons. The van der Waals surface area contributed by atoms with Crippen LogP contribution in [0.25, 0.3) is 0 Å². The van der Waals surface area contributed by atoms with Gasteiger partial charge in [-0.2, -0.15) is 0 Å². The van der Waals surface area contributed by atoms with E-state index in [-0.39, 0.29) is 5.78 Å². The van der Waals surface area contributed by atoms with E-state index in [1.54, 1.807) is 18.3 Å². The van der Waals surface area contributed by atoms with Gasteiger partial charge in [0, 0.05) is 26.1 Å². The van der Waals surface area contributed by atoms with Gasteiger partial charge in [0.25, 0.3) is 0 Å². The number of rotatable bonds is 3. The molecule has 3 heterocycles. The molecule has 2 aliphatic rings. The van der Waals surface area contributed by atoms with Crippen molar-refractivity contribution in [2.24, 2.45) is 0 Å². The van der Waals surface area contributed by atoms with Crippen LogP contribution in [-0.4, -0.2) is 47.9 Å². The Bertz CT molecular complexity index is 479. The molecule has 1 aromatic rings. The maximum atomic E-state index is 11.5. The molecule has 0 radical (unpaired) electrons. The first-order chi connectivity index (χ1) is 9.15. The number of carbonyl (C=O) groups excluding carboxylic acids is 1. The van der Waals surface area contributed by atoms with E-state index in [9.17, 15) is 4.79 Å². The molecule has 1 aromatic heterocycles. The number of carbonyl (C=O) groups is 1. The van der Waals surface area contributed by atoms with Gasteiger partial charge in [0.1, 0.15) is 0 Å². The highest BCUT2D eigenvalue weighted by molar-refractivity contribution is 7.17. The number of aryl methyl sites for hydroxylation is 1. The van der Waals surface area contributed by atoms with Gasteiger partial charge in [-0.3, -0.25) is 9.69 Å². The first-order valence-electron chi connectivity index (χ1n) is 7.12. The minimum absolute atomic E-state index is 0.136. The fourth-order valence-corrected chi connectivity index (χ4v) is 4.16. The summed E-state index contributed by atoms with van der Waals surface area (Å²) in [5.41, 5.74) is 0.886. The van der Waals surface area contributed by atoms with Gasteiger partial charge in [-0.15, -0.1) is 0 Å². The van der Waals surface area contributed by atoms with E-state index in [0.717, 1.165) is 28.8 Å². The smallest absolute Gasteiger partial charge is 0.186 e. The molecule has 2 saturated heterocycles. The molecular formula is C14H21N3OS. The average molecular weight is 279 g/mol. The summed E-state index contributed by atoms with van der Waals surface area (Å²) in [5.74, 6) is 0.136. The van der Waals surface area contributed by atoms with E-state index in [4.69, 9.17) is 0 Å². The fraction of sp³-hybridized carbons (Fsp3) is 0.714. The lowest BCUT2D eigenvalue weighted by Gasteiger charge is -2.23. The second-order valence-corrected chi connectivity index (χ2v) is 6.58. The van der Waals surface area contributed by atoms with Crippen LogP contribution in [0.1, 0.15) is 41.6 Å². The lowest BCUT2D eigenvalue weighted by Crippen LogP contribution is -2.35. The van der Waals surface area contributed by atoms with Crippen molar-refractivity contribution in [2.75, 3.05) is 31.1 Å². The molecule has 2 aliphatic heterocycles. The molecule has 0 N–H and O–H groups in total. The van der Waals surface area contributed by atoms with Gasteiger partial charge in [0.2, 0.25) is 0 Å². The lowest BCUT2D eigenvalue weighted by atomic mass is 10.2.